The molecule has 0 heterocycles. The molecule has 0 aliphatic heterocycles. The minimum absolute atomic E-state index is 0.0492. The summed E-state index contributed by atoms with van der Waals surface area (Å²) in [6.07, 6.45) is 17.3. The first-order valence-corrected chi connectivity index (χ1v) is 9.56. The normalized spacial score (nSPS) is 12.7. The molecule has 0 aromatic heterocycles. The minimum atomic E-state index is -0.0492. The van der Waals surface area contributed by atoms with Crippen LogP contribution >= 0.6 is 0 Å². The highest BCUT2D eigenvalue weighted by atomic mass is 16.7. The van der Waals surface area contributed by atoms with E-state index in [2.05, 4.69) is 6.92 Å². The van der Waals surface area contributed by atoms with Gasteiger partial charge in [0.2, 0.25) is 0 Å². The Bertz CT molecular complexity index is 197. The monoisotopic (exact) mass is 316 g/mol. The third kappa shape index (κ3) is 17.9. The summed E-state index contributed by atoms with van der Waals surface area (Å²) in [6, 6.07) is 0. The highest BCUT2D eigenvalue weighted by Gasteiger charge is 2.03. The maximum absolute atomic E-state index is 9.83. The Morgan fingerprint density at radius 2 is 1.23 bits per heavy atom. The summed E-state index contributed by atoms with van der Waals surface area (Å²) >= 11 is 0. The zero-order chi connectivity index (χ0) is 16.3. The number of rotatable bonds is 18. The Balaban J connectivity index is 3.05. The molecule has 0 rings (SSSR count). The van der Waals surface area contributed by atoms with Gasteiger partial charge in [0, 0.05) is 13.7 Å². The van der Waals surface area contributed by atoms with Gasteiger partial charge in [0.1, 0.15) is 6.79 Å². The molecule has 0 aliphatic carbocycles. The lowest BCUT2D eigenvalue weighted by molar-refractivity contribution is -0.0315. The zero-order valence-electron chi connectivity index (χ0n) is 15.2. The van der Waals surface area contributed by atoms with Crippen LogP contribution in [0.4, 0.5) is 0 Å². The molecule has 3 nitrogen and oxygen atoms in total. The molecule has 3 heteroatoms. The quantitative estimate of drug-likeness (QED) is 0.270. The van der Waals surface area contributed by atoms with Crippen molar-refractivity contribution in [3.63, 3.8) is 0 Å². The zero-order valence-corrected chi connectivity index (χ0v) is 15.2. The smallest absolute Gasteiger partial charge is 0.146 e. The fourth-order valence-electron chi connectivity index (χ4n) is 2.74. The molecule has 0 aromatic carbocycles. The van der Waals surface area contributed by atoms with Gasteiger partial charge in [-0.3, -0.25) is 0 Å². The summed E-state index contributed by atoms with van der Waals surface area (Å²) < 4.78 is 10.1. The lowest BCUT2D eigenvalue weighted by Crippen LogP contribution is -2.05. The van der Waals surface area contributed by atoms with Crippen molar-refractivity contribution in [2.24, 2.45) is 0 Å². The van der Waals surface area contributed by atoms with Gasteiger partial charge in [-0.15, -0.1) is 0 Å². The maximum Gasteiger partial charge on any atom is 0.146 e. The van der Waals surface area contributed by atoms with Gasteiger partial charge in [-0.1, -0.05) is 77.6 Å². The van der Waals surface area contributed by atoms with Crippen molar-refractivity contribution in [1.82, 2.24) is 0 Å². The summed E-state index contributed by atoms with van der Waals surface area (Å²) in [6.45, 7) is 3.46. The second-order valence-electron chi connectivity index (χ2n) is 6.44. The number of methoxy groups -OCH3 is 1. The summed E-state index contributed by atoms with van der Waals surface area (Å²) in [4.78, 5) is 0. The first-order chi connectivity index (χ1) is 10.8. The molecule has 0 saturated heterocycles. The van der Waals surface area contributed by atoms with Crippen molar-refractivity contribution >= 4 is 0 Å². The third-order valence-electron chi connectivity index (χ3n) is 4.17. The first kappa shape index (κ1) is 21.9. The van der Waals surface area contributed by atoms with E-state index in [0.717, 1.165) is 25.9 Å². The van der Waals surface area contributed by atoms with Gasteiger partial charge >= 0.3 is 0 Å². The average Bonchev–Trinajstić information content (AvgIpc) is 2.52. The second-order valence-corrected chi connectivity index (χ2v) is 6.44. The molecule has 0 spiro atoms. The van der Waals surface area contributed by atoms with Crippen LogP contribution in [-0.2, 0) is 9.47 Å². The van der Waals surface area contributed by atoms with Crippen molar-refractivity contribution in [2.75, 3.05) is 20.5 Å². The summed E-state index contributed by atoms with van der Waals surface area (Å²) in [7, 11) is 1.66. The second kappa shape index (κ2) is 18.9. The predicted molar refractivity (Wildman–Crippen MR) is 94.1 cm³/mol. The van der Waals surface area contributed by atoms with Crippen LogP contribution < -0.4 is 0 Å². The fourth-order valence-corrected chi connectivity index (χ4v) is 2.74. The molecule has 0 bridgehead atoms. The largest absolute Gasteiger partial charge is 0.393 e. The van der Waals surface area contributed by atoms with Gasteiger partial charge in [-0.2, -0.15) is 0 Å². The van der Waals surface area contributed by atoms with Crippen LogP contribution in [0, 0.1) is 0 Å². The van der Waals surface area contributed by atoms with Crippen LogP contribution in [-0.4, -0.2) is 31.7 Å². The van der Waals surface area contributed by atoms with Gasteiger partial charge in [0.25, 0.3) is 0 Å². The highest BCUT2D eigenvalue weighted by molar-refractivity contribution is 4.57. The number of hydrogen-bond acceptors (Lipinski definition) is 3. The Labute approximate surface area is 138 Å². The number of unbranched alkanes of at least 4 members (excludes halogenated alkanes) is 10. The van der Waals surface area contributed by atoms with E-state index < -0.39 is 0 Å². The van der Waals surface area contributed by atoms with Crippen molar-refractivity contribution in [1.29, 1.82) is 0 Å². The van der Waals surface area contributed by atoms with Crippen LogP contribution in [0.1, 0.15) is 96.8 Å². The van der Waals surface area contributed by atoms with Crippen LogP contribution in [0.5, 0.6) is 0 Å². The van der Waals surface area contributed by atoms with Gasteiger partial charge < -0.3 is 14.6 Å². The number of aliphatic hydroxyl groups is 1. The lowest BCUT2D eigenvalue weighted by Gasteiger charge is -2.09. The minimum Gasteiger partial charge on any atom is -0.393 e. The average molecular weight is 317 g/mol. The molecule has 0 saturated carbocycles. The molecule has 0 unspecified atom stereocenters. The van der Waals surface area contributed by atoms with Gasteiger partial charge in [-0.25, -0.2) is 0 Å². The van der Waals surface area contributed by atoms with Gasteiger partial charge in [-0.05, 0) is 19.3 Å². The predicted octanol–water partition coefficient (Wildman–Crippen LogP) is 5.45. The molecule has 0 amide bonds. The van der Waals surface area contributed by atoms with E-state index in [1.807, 2.05) is 0 Å². The number of ether oxygens (including phenoxy) is 2. The Hall–Kier alpha value is -0.120. The molecule has 0 aromatic rings. The number of aliphatic hydroxyl groups excluding tert-OH is 1. The molecule has 134 valence electrons. The van der Waals surface area contributed by atoms with Crippen LogP contribution in [0.3, 0.4) is 0 Å². The molecular formula is C19H40O3. The number of hydrogen-bond donors (Lipinski definition) is 1. The van der Waals surface area contributed by atoms with E-state index in [0.29, 0.717) is 6.79 Å². The van der Waals surface area contributed by atoms with E-state index >= 15 is 0 Å². The van der Waals surface area contributed by atoms with E-state index in [1.165, 1.54) is 70.6 Å². The van der Waals surface area contributed by atoms with E-state index in [-0.39, 0.29) is 6.10 Å². The van der Waals surface area contributed by atoms with Crippen LogP contribution in [0.25, 0.3) is 0 Å². The van der Waals surface area contributed by atoms with Gasteiger partial charge in [0.05, 0.1) is 6.10 Å². The molecule has 1 atom stereocenters. The summed E-state index contributed by atoms with van der Waals surface area (Å²) in [5.41, 5.74) is 0. The highest BCUT2D eigenvalue weighted by Crippen LogP contribution is 2.13. The maximum atomic E-state index is 9.83. The molecule has 22 heavy (non-hydrogen) atoms. The van der Waals surface area contributed by atoms with Crippen LogP contribution in [0.2, 0.25) is 0 Å². The third-order valence-corrected chi connectivity index (χ3v) is 4.17. The lowest BCUT2D eigenvalue weighted by atomic mass is 10.0. The van der Waals surface area contributed by atoms with Gasteiger partial charge in [0.15, 0.2) is 0 Å². The van der Waals surface area contributed by atoms with E-state index in [1.54, 1.807) is 7.11 Å². The Morgan fingerprint density at radius 3 is 1.77 bits per heavy atom. The summed E-state index contributed by atoms with van der Waals surface area (Å²) in [5, 5.41) is 9.83. The van der Waals surface area contributed by atoms with Crippen molar-refractivity contribution in [3.05, 3.63) is 0 Å². The molecule has 0 radical (unpaired) electrons. The fraction of sp³-hybridized carbons (Fsp3) is 1.00. The van der Waals surface area contributed by atoms with Crippen molar-refractivity contribution < 1.29 is 14.6 Å². The Morgan fingerprint density at radius 1 is 0.727 bits per heavy atom. The Kier molecular flexibility index (Phi) is 18.8. The van der Waals surface area contributed by atoms with E-state index in [4.69, 9.17) is 9.47 Å². The molecular weight excluding hydrogens is 276 g/mol. The molecule has 0 aliphatic rings. The molecule has 1 N–H and O–H groups in total. The molecule has 0 fully saturated rings. The van der Waals surface area contributed by atoms with E-state index in [9.17, 15) is 5.11 Å². The van der Waals surface area contributed by atoms with Crippen molar-refractivity contribution in [3.8, 4) is 0 Å². The SMILES string of the molecule is CCCCC[C@@H](O)CCCCCCCCCCCOCOC. The summed E-state index contributed by atoms with van der Waals surface area (Å²) in [5.74, 6) is 0. The van der Waals surface area contributed by atoms with Crippen molar-refractivity contribution in [2.45, 2.75) is 103 Å². The standard InChI is InChI=1S/C19H40O3/c1-3-4-12-15-19(20)16-13-10-8-6-5-7-9-11-14-17-22-18-21-2/h19-20H,3-18H2,1-2H3/t19-/m1/s1. The first-order valence-electron chi connectivity index (χ1n) is 9.56. The van der Waals surface area contributed by atoms with Crippen LogP contribution in [0.15, 0.2) is 0 Å². The topological polar surface area (TPSA) is 38.7 Å².